The second kappa shape index (κ2) is 5.46. The lowest BCUT2D eigenvalue weighted by Gasteiger charge is -2.57. The number of rotatable bonds is 4. The van der Waals surface area contributed by atoms with Gasteiger partial charge in [0.25, 0.3) is 0 Å². The summed E-state index contributed by atoms with van der Waals surface area (Å²) in [5.74, 6) is -0.695. The minimum atomic E-state index is -0.996. The van der Waals surface area contributed by atoms with Crippen LogP contribution in [0.15, 0.2) is 27.4 Å². The number of hydrogen-bond donors (Lipinski definition) is 2. The van der Waals surface area contributed by atoms with E-state index >= 15 is 0 Å². The predicted octanol–water partition coefficient (Wildman–Crippen LogP) is 1.60. The van der Waals surface area contributed by atoms with Gasteiger partial charge < -0.3 is 20.2 Å². The smallest absolute Gasteiger partial charge is 0.408 e. The molecule has 0 saturated heterocycles. The molecule has 1 fully saturated rings. The Labute approximate surface area is 139 Å². The van der Waals surface area contributed by atoms with Crippen LogP contribution in [0.3, 0.4) is 0 Å². The van der Waals surface area contributed by atoms with E-state index in [9.17, 15) is 9.59 Å². The van der Waals surface area contributed by atoms with Crippen LogP contribution in [-0.4, -0.2) is 28.7 Å². The highest BCUT2D eigenvalue weighted by Crippen LogP contribution is 2.50. The van der Waals surface area contributed by atoms with Crippen LogP contribution in [0.2, 0.25) is 0 Å². The molecule has 24 heavy (non-hydrogen) atoms. The van der Waals surface area contributed by atoms with Gasteiger partial charge in [0, 0.05) is 31.2 Å². The Morgan fingerprint density at radius 1 is 1.50 bits per heavy atom. The Kier molecular flexibility index (Phi) is 3.80. The number of benzene rings is 1. The van der Waals surface area contributed by atoms with Crippen molar-refractivity contribution in [1.29, 1.82) is 0 Å². The molecule has 0 aliphatic heterocycles. The standard InChI is InChI=1S/C17H23N3O4/c1-5-23-13-9-17(18,16(13,2)3)14(21)19-10-6-7-12-11(8-10)20(4)15(22)24-12/h6-8,13H,5,9,18H2,1-4H3,(H,19,21). The summed E-state index contributed by atoms with van der Waals surface area (Å²) in [5, 5.41) is 2.85. The van der Waals surface area contributed by atoms with E-state index in [-0.39, 0.29) is 12.0 Å². The van der Waals surface area contributed by atoms with E-state index in [1.165, 1.54) is 4.57 Å². The fourth-order valence-corrected chi connectivity index (χ4v) is 3.27. The molecule has 1 aliphatic carbocycles. The molecule has 3 rings (SSSR count). The summed E-state index contributed by atoms with van der Waals surface area (Å²) >= 11 is 0. The van der Waals surface area contributed by atoms with Gasteiger partial charge >= 0.3 is 5.76 Å². The number of carbonyl (C=O) groups is 1. The van der Waals surface area contributed by atoms with Crippen molar-refractivity contribution in [2.45, 2.75) is 38.8 Å². The topological polar surface area (TPSA) is 99.5 Å². The first-order valence-corrected chi connectivity index (χ1v) is 8.02. The minimum absolute atomic E-state index is 0.0320. The third-order valence-corrected chi connectivity index (χ3v) is 5.28. The molecule has 1 aromatic heterocycles. The maximum absolute atomic E-state index is 12.7. The lowest BCUT2D eigenvalue weighted by molar-refractivity contribution is -0.166. The van der Waals surface area contributed by atoms with Crippen LogP contribution in [0, 0.1) is 5.41 Å². The SMILES string of the molecule is CCOC1CC(N)(C(=O)Nc2ccc3oc(=O)n(C)c3c2)C1(C)C. The van der Waals surface area contributed by atoms with Crippen molar-refractivity contribution in [3.8, 4) is 0 Å². The van der Waals surface area contributed by atoms with Gasteiger partial charge in [-0.3, -0.25) is 9.36 Å². The Morgan fingerprint density at radius 3 is 2.83 bits per heavy atom. The zero-order valence-electron chi connectivity index (χ0n) is 14.4. The summed E-state index contributed by atoms with van der Waals surface area (Å²) in [4.78, 5) is 24.3. The van der Waals surface area contributed by atoms with Crippen molar-refractivity contribution in [1.82, 2.24) is 4.57 Å². The zero-order valence-corrected chi connectivity index (χ0v) is 14.4. The third kappa shape index (κ3) is 2.27. The van der Waals surface area contributed by atoms with E-state index in [1.807, 2.05) is 20.8 Å². The van der Waals surface area contributed by atoms with Gasteiger partial charge in [-0.2, -0.15) is 0 Å². The number of nitrogens with zero attached hydrogens (tertiary/aromatic N) is 1. The zero-order chi connectivity index (χ0) is 17.7. The van der Waals surface area contributed by atoms with Crippen LogP contribution < -0.4 is 16.8 Å². The normalized spacial score (nSPS) is 25.5. The maximum atomic E-state index is 12.7. The molecular formula is C17H23N3O4. The van der Waals surface area contributed by atoms with Gasteiger partial charge in [0.2, 0.25) is 5.91 Å². The second-order valence-electron chi connectivity index (χ2n) is 6.90. The van der Waals surface area contributed by atoms with Crippen molar-refractivity contribution in [3.63, 3.8) is 0 Å². The van der Waals surface area contributed by atoms with Crippen molar-refractivity contribution < 1.29 is 13.9 Å². The number of nitrogens with one attached hydrogen (secondary N) is 1. The largest absolute Gasteiger partial charge is 0.419 e. The number of ether oxygens (including phenoxy) is 1. The first kappa shape index (κ1) is 16.7. The van der Waals surface area contributed by atoms with E-state index in [1.54, 1.807) is 25.2 Å². The van der Waals surface area contributed by atoms with Gasteiger partial charge in [-0.05, 0) is 25.1 Å². The number of anilines is 1. The van der Waals surface area contributed by atoms with Gasteiger partial charge in [0.1, 0.15) is 5.54 Å². The summed E-state index contributed by atoms with van der Waals surface area (Å²) < 4.78 is 12.1. The van der Waals surface area contributed by atoms with Crippen LogP contribution in [-0.2, 0) is 16.6 Å². The number of amides is 1. The number of aromatic nitrogens is 1. The fraction of sp³-hybridized carbons (Fsp3) is 0.529. The van der Waals surface area contributed by atoms with Gasteiger partial charge in [-0.25, -0.2) is 4.79 Å². The molecular weight excluding hydrogens is 310 g/mol. The van der Waals surface area contributed by atoms with E-state index < -0.39 is 16.7 Å². The van der Waals surface area contributed by atoms with Crippen molar-refractivity contribution in [2.24, 2.45) is 18.2 Å². The second-order valence-corrected chi connectivity index (χ2v) is 6.90. The number of oxazole rings is 1. The fourth-order valence-electron chi connectivity index (χ4n) is 3.27. The number of hydrogen-bond acceptors (Lipinski definition) is 5. The molecule has 1 heterocycles. The number of nitrogens with two attached hydrogens (primary N) is 1. The quantitative estimate of drug-likeness (QED) is 0.885. The highest BCUT2D eigenvalue weighted by atomic mass is 16.5. The molecule has 2 aromatic rings. The molecule has 0 bridgehead atoms. The lowest BCUT2D eigenvalue weighted by Crippen LogP contribution is -2.74. The van der Waals surface area contributed by atoms with Gasteiger partial charge in [-0.1, -0.05) is 13.8 Å². The molecule has 7 nitrogen and oxygen atoms in total. The molecule has 1 aromatic carbocycles. The molecule has 3 N–H and O–H groups in total. The average Bonchev–Trinajstić information content (AvgIpc) is 2.81. The van der Waals surface area contributed by atoms with E-state index in [2.05, 4.69) is 5.32 Å². The molecule has 7 heteroatoms. The highest BCUT2D eigenvalue weighted by Gasteiger charge is 2.62. The van der Waals surface area contributed by atoms with E-state index in [0.29, 0.717) is 29.8 Å². The molecule has 0 spiro atoms. The first-order valence-electron chi connectivity index (χ1n) is 8.02. The van der Waals surface area contributed by atoms with Gasteiger partial charge in [0.05, 0.1) is 11.6 Å². The summed E-state index contributed by atoms with van der Waals surface area (Å²) in [7, 11) is 1.62. The van der Waals surface area contributed by atoms with Gasteiger partial charge in [0.15, 0.2) is 5.58 Å². The maximum Gasteiger partial charge on any atom is 0.419 e. The summed E-state index contributed by atoms with van der Waals surface area (Å²) in [5.41, 5.74) is 6.58. The Bertz CT molecular complexity index is 851. The van der Waals surface area contributed by atoms with Gasteiger partial charge in [-0.15, -0.1) is 0 Å². The molecule has 1 saturated carbocycles. The van der Waals surface area contributed by atoms with Crippen LogP contribution >= 0.6 is 0 Å². The average molecular weight is 333 g/mol. The van der Waals surface area contributed by atoms with E-state index in [0.717, 1.165) is 0 Å². The Morgan fingerprint density at radius 2 is 2.21 bits per heavy atom. The summed E-state index contributed by atoms with van der Waals surface area (Å²) in [6, 6.07) is 5.05. The predicted molar refractivity (Wildman–Crippen MR) is 90.8 cm³/mol. The Balaban J connectivity index is 1.83. The van der Waals surface area contributed by atoms with Crippen molar-refractivity contribution in [2.75, 3.05) is 11.9 Å². The first-order chi connectivity index (χ1) is 11.2. The molecule has 0 radical (unpaired) electrons. The monoisotopic (exact) mass is 333 g/mol. The van der Waals surface area contributed by atoms with Crippen LogP contribution in [0.5, 0.6) is 0 Å². The van der Waals surface area contributed by atoms with Crippen LogP contribution in [0.1, 0.15) is 27.2 Å². The van der Waals surface area contributed by atoms with Crippen LogP contribution in [0.4, 0.5) is 5.69 Å². The molecule has 1 aliphatic rings. The Hall–Kier alpha value is -2.12. The number of aryl methyl sites for hydroxylation is 1. The third-order valence-electron chi connectivity index (χ3n) is 5.28. The number of fused-ring (bicyclic) bond motifs is 1. The molecule has 2 unspecified atom stereocenters. The number of carbonyl (C=O) groups excluding carboxylic acids is 1. The summed E-state index contributed by atoms with van der Waals surface area (Å²) in [6.45, 7) is 6.41. The lowest BCUT2D eigenvalue weighted by atomic mass is 9.54. The summed E-state index contributed by atoms with van der Waals surface area (Å²) in [6.07, 6.45) is 0.446. The molecule has 2 atom stereocenters. The van der Waals surface area contributed by atoms with Crippen molar-refractivity contribution >= 4 is 22.7 Å². The molecule has 130 valence electrons. The van der Waals surface area contributed by atoms with Crippen molar-refractivity contribution in [3.05, 3.63) is 28.7 Å². The van der Waals surface area contributed by atoms with E-state index in [4.69, 9.17) is 14.9 Å². The van der Waals surface area contributed by atoms with Crippen LogP contribution in [0.25, 0.3) is 11.1 Å². The highest BCUT2D eigenvalue weighted by molar-refractivity contribution is 6.00. The molecule has 1 amide bonds. The minimum Gasteiger partial charge on any atom is -0.408 e.